The Hall–Kier alpha value is 0.600. The zero-order chi connectivity index (χ0) is 10.9. The predicted molar refractivity (Wildman–Crippen MR) is 72.2 cm³/mol. The molecule has 1 aromatic rings. The van der Waals surface area contributed by atoms with E-state index in [1.807, 2.05) is 45.2 Å². The summed E-state index contributed by atoms with van der Waals surface area (Å²) in [6.07, 6.45) is 0. The van der Waals surface area contributed by atoms with E-state index >= 15 is 0 Å². The molecular weight excluding hydrogens is 453 g/mol. The molecule has 1 rings (SSSR count). The lowest BCUT2D eigenvalue weighted by Crippen LogP contribution is -2.03. The molecule has 0 atom stereocenters. The van der Waals surface area contributed by atoms with Crippen LogP contribution in [0.1, 0.15) is 20.7 Å². The van der Waals surface area contributed by atoms with Gasteiger partial charge in [-0.25, -0.2) is 0 Å². The minimum atomic E-state index is -0.593. The van der Waals surface area contributed by atoms with Gasteiger partial charge in [0, 0.05) is 12.7 Å². The molecule has 6 heteroatoms. The normalized spacial score (nSPS) is 10.0. The monoisotopic (exact) mass is 454 g/mol. The summed E-state index contributed by atoms with van der Waals surface area (Å²) in [4.78, 5) is 22.0. The van der Waals surface area contributed by atoms with Gasteiger partial charge in [-0.2, -0.15) is 0 Å². The predicted octanol–water partition coefficient (Wildman–Crippen LogP) is 3.65. The van der Waals surface area contributed by atoms with Gasteiger partial charge in [-0.1, -0.05) is 0 Å². The number of hydrogen-bond donors (Lipinski definition) is 0. The summed E-state index contributed by atoms with van der Waals surface area (Å²) in [6.45, 7) is 0. The maximum atomic E-state index is 11.1. The molecule has 0 aromatic heterocycles. The Balaban J connectivity index is 3.49. The Morgan fingerprint density at radius 3 is 2.07 bits per heavy atom. The van der Waals surface area contributed by atoms with E-state index in [2.05, 4.69) is 0 Å². The van der Waals surface area contributed by atoms with Crippen LogP contribution in [-0.2, 0) is 0 Å². The third-order valence-corrected chi connectivity index (χ3v) is 3.91. The van der Waals surface area contributed by atoms with Crippen LogP contribution in [-0.4, -0.2) is 10.5 Å². The first-order chi connectivity index (χ1) is 6.45. The van der Waals surface area contributed by atoms with Gasteiger partial charge in [0.1, 0.15) is 0 Å². The fraction of sp³-hybridized carbons (Fsp3) is 0. The SMILES string of the molecule is O=C(Cl)c1ccc(I)c(C(=O)Cl)c1I. The summed E-state index contributed by atoms with van der Waals surface area (Å²) in [7, 11) is 0. The first kappa shape index (κ1) is 12.7. The van der Waals surface area contributed by atoms with Crippen LogP contribution in [0.3, 0.4) is 0 Å². The largest absolute Gasteiger partial charge is 0.276 e. The molecule has 0 aliphatic rings. The molecule has 0 unspecified atom stereocenters. The van der Waals surface area contributed by atoms with Crippen LogP contribution >= 0.6 is 68.4 Å². The maximum absolute atomic E-state index is 11.1. The van der Waals surface area contributed by atoms with Crippen molar-refractivity contribution in [3.63, 3.8) is 0 Å². The van der Waals surface area contributed by atoms with Crippen LogP contribution in [0.2, 0.25) is 0 Å². The van der Waals surface area contributed by atoms with E-state index in [1.165, 1.54) is 0 Å². The van der Waals surface area contributed by atoms with Crippen LogP contribution in [0.25, 0.3) is 0 Å². The second kappa shape index (κ2) is 5.09. The first-order valence-corrected chi connectivity index (χ1v) is 6.24. The molecule has 0 spiro atoms. The van der Waals surface area contributed by atoms with Gasteiger partial charge in [0.05, 0.1) is 5.56 Å². The molecule has 0 heterocycles. The molecule has 0 aliphatic carbocycles. The third kappa shape index (κ3) is 2.59. The smallest absolute Gasteiger partial charge is 0.254 e. The van der Waals surface area contributed by atoms with E-state index in [0.29, 0.717) is 18.3 Å². The molecular formula is C8H2Cl2I2O2. The first-order valence-electron chi connectivity index (χ1n) is 3.32. The molecule has 0 radical (unpaired) electrons. The minimum absolute atomic E-state index is 0.302. The highest BCUT2D eigenvalue weighted by molar-refractivity contribution is 14.1. The average Bonchev–Trinajstić information content (AvgIpc) is 2.02. The quantitative estimate of drug-likeness (QED) is 0.505. The molecule has 0 bridgehead atoms. The van der Waals surface area contributed by atoms with Crippen molar-refractivity contribution in [1.29, 1.82) is 0 Å². The lowest BCUT2D eigenvalue weighted by Gasteiger charge is -2.05. The third-order valence-electron chi connectivity index (χ3n) is 1.50. The number of hydrogen-bond acceptors (Lipinski definition) is 2. The van der Waals surface area contributed by atoms with Gasteiger partial charge in [0.2, 0.25) is 0 Å². The second-order valence-electron chi connectivity index (χ2n) is 2.33. The highest BCUT2D eigenvalue weighted by Crippen LogP contribution is 2.25. The summed E-state index contributed by atoms with van der Waals surface area (Å²) >= 11 is 14.6. The molecule has 2 nitrogen and oxygen atoms in total. The number of halogens is 4. The van der Waals surface area contributed by atoms with E-state index in [1.54, 1.807) is 12.1 Å². The van der Waals surface area contributed by atoms with Gasteiger partial charge in [-0.3, -0.25) is 9.59 Å². The number of benzene rings is 1. The van der Waals surface area contributed by atoms with E-state index in [9.17, 15) is 9.59 Å². The highest BCUT2D eigenvalue weighted by Gasteiger charge is 2.17. The molecule has 0 saturated heterocycles. The van der Waals surface area contributed by atoms with Crippen molar-refractivity contribution < 1.29 is 9.59 Å². The maximum Gasteiger partial charge on any atom is 0.254 e. The van der Waals surface area contributed by atoms with Crippen molar-refractivity contribution in [1.82, 2.24) is 0 Å². The van der Waals surface area contributed by atoms with Gasteiger partial charge in [0.25, 0.3) is 10.5 Å². The topological polar surface area (TPSA) is 34.1 Å². The van der Waals surface area contributed by atoms with E-state index < -0.39 is 10.5 Å². The molecule has 0 aliphatic heterocycles. The van der Waals surface area contributed by atoms with Crippen molar-refractivity contribution in [2.45, 2.75) is 0 Å². The zero-order valence-corrected chi connectivity index (χ0v) is 12.3. The Bertz CT molecular complexity index is 418. The van der Waals surface area contributed by atoms with Gasteiger partial charge >= 0.3 is 0 Å². The Morgan fingerprint density at radius 1 is 1.07 bits per heavy atom. The number of carbonyl (C=O) groups is 2. The van der Waals surface area contributed by atoms with Crippen LogP contribution in [0, 0.1) is 7.14 Å². The minimum Gasteiger partial charge on any atom is -0.276 e. The van der Waals surface area contributed by atoms with E-state index in [-0.39, 0.29) is 0 Å². The Morgan fingerprint density at radius 2 is 1.64 bits per heavy atom. The van der Waals surface area contributed by atoms with Gasteiger partial charge in [-0.05, 0) is 80.5 Å². The van der Waals surface area contributed by atoms with E-state index in [0.717, 1.165) is 0 Å². The van der Waals surface area contributed by atoms with Crippen molar-refractivity contribution >= 4 is 78.9 Å². The number of rotatable bonds is 2. The number of carbonyl (C=O) groups excluding carboxylic acids is 2. The van der Waals surface area contributed by atoms with Crippen molar-refractivity contribution in [3.8, 4) is 0 Å². The Kier molecular flexibility index (Phi) is 4.60. The van der Waals surface area contributed by atoms with Crippen molar-refractivity contribution in [3.05, 3.63) is 30.4 Å². The second-order valence-corrected chi connectivity index (χ2v) is 5.26. The Labute approximate surface area is 118 Å². The standard InChI is InChI=1S/C8H2Cl2I2O2/c9-7(13)3-1-2-4(11)5(6(3)12)8(10)14/h1-2H. The molecule has 74 valence electrons. The van der Waals surface area contributed by atoms with Crippen LogP contribution < -0.4 is 0 Å². The van der Waals surface area contributed by atoms with Gasteiger partial charge < -0.3 is 0 Å². The fourth-order valence-electron chi connectivity index (χ4n) is 0.884. The summed E-state index contributed by atoms with van der Waals surface area (Å²) in [5.41, 5.74) is 0.635. The summed E-state index contributed by atoms with van der Waals surface area (Å²) < 4.78 is 1.20. The molecule has 0 amide bonds. The fourth-order valence-corrected chi connectivity index (χ4v) is 3.89. The van der Waals surface area contributed by atoms with Crippen molar-refractivity contribution in [2.24, 2.45) is 0 Å². The lowest BCUT2D eigenvalue weighted by atomic mass is 10.1. The van der Waals surface area contributed by atoms with Crippen LogP contribution in [0.15, 0.2) is 12.1 Å². The molecule has 0 saturated carbocycles. The average molecular weight is 455 g/mol. The highest BCUT2D eigenvalue weighted by atomic mass is 127. The summed E-state index contributed by atoms with van der Waals surface area (Å²) in [5.74, 6) is 0. The molecule has 1 aromatic carbocycles. The summed E-state index contributed by atoms with van der Waals surface area (Å²) in [6, 6.07) is 3.20. The molecule has 0 N–H and O–H groups in total. The molecule has 14 heavy (non-hydrogen) atoms. The van der Waals surface area contributed by atoms with Crippen molar-refractivity contribution in [2.75, 3.05) is 0 Å². The lowest BCUT2D eigenvalue weighted by molar-refractivity contribution is 0.107. The zero-order valence-electron chi connectivity index (χ0n) is 6.48. The summed E-state index contributed by atoms with van der Waals surface area (Å²) in [5, 5.41) is -1.18. The van der Waals surface area contributed by atoms with Crippen LogP contribution in [0.4, 0.5) is 0 Å². The van der Waals surface area contributed by atoms with E-state index in [4.69, 9.17) is 23.2 Å². The van der Waals surface area contributed by atoms with Gasteiger partial charge in [-0.15, -0.1) is 0 Å². The molecule has 0 fully saturated rings. The van der Waals surface area contributed by atoms with Gasteiger partial charge in [0.15, 0.2) is 0 Å². The van der Waals surface area contributed by atoms with Crippen LogP contribution in [0.5, 0.6) is 0 Å².